The molecule has 4 rings (SSSR count). The van der Waals surface area contributed by atoms with E-state index in [9.17, 15) is 18.8 Å². The Morgan fingerprint density at radius 1 is 1.00 bits per heavy atom. The van der Waals surface area contributed by atoms with E-state index in [0.717, 1.165) is 16.0 Å². The second-order valence-corrected chi connectivity index (χ2v) is 8.20. The highest BCUT2D eigenvalue weighted by Crippen LogP contribution is 2.29. The maximum Gasteiger partial charge on any atom is 0.335 e. The van der Waals surface area contributed by atoms with E-state index in [-0.39, 0.29) is 23.0 Å². The predicted molar refractivity (Wildman–Crippen MR) is 127 cm³/mol. The lowest BCUT2D eigenvalue weighted by atomic mass is 10.0. The number of halogens is 2. The van der Waals surface area contributed by atoms with Crippen LogP contribution in [0.1, 0.15) is 22.3 Å². The Bertz CT molecular complexity index is 1350. The normalized spacial score (nSPS) is 15.0. The minimum absolute atomic E-state index is 0.0131. The third-order valence-electron chi connectivity index (χ3n) is 5.46. The summed E-state index contributed by atoms with van der Waals surface area (Å²) in [5.74, 6) is -1.61. The number of urea groups is 1. The van der Waals surface area contributed by atoms with Gasteiger partial charge >= 0.3 is 6.03 Å². The number of aryl methyl sites for hydroxylation is 2. The number of carbonyl (C=O) groups is 3. The summed E-state index contributed by atoms with van der Waals surface area (Å²) in [5.41, 5.74) is 2.89. The van der Waals surface area contributed by atoms with E-state index in [2.05, 4.69) is 5.32 Å². The number of amides is 4. The second kappa shape index (κ2) is 9.49. The van der Waals surface area contributed by atoms with E-state index in [1.54, 1.807) is 48.5 Å². The molecule has 172 valence electrons. The molecule has 0 saturated carbocycles. The van der Waals surface area contributed by atoms with Gasteiger partial charge in [-0.05, 0) is 66.9 Å². The van der Waals surface area contributed by atoms with E-state index in [0.29, 0.717) is 22.6 Å². The molecular formula is C26H20ClFN2O4. The summed E-state index contributed by atoms with van der Waals surface area (Å²) in [6.07, 6.45) is 1.35. The van der Waals surface area contributed by atoms with Crippen LogP contribution in [-0.4, -0.2) is 17.8 Å². The van der Waals surface area contributed by atoms with E-state index >= 15 is 0 Å². The number of nitrogens with zero attached hydrogens (tertiary/aromatic N) is 1. The molecule has 1 fully saturated rings. The Kier molecular flexibility index (Phi) is 6.47. The number of benzene rings is 3. The largest absolute Gasteiger partial charge is 0.487 e. The van der Waals surface area contributed by atoms with Crippen LogP contribution in [0, 0.1) is 19.7 Å². The zero-order chi connectivity index (χ0) is 24.4. The average molecular weight is 479 g/mol. The molecule has 0 radical (unpaired) electrons. The lowest BCUT2D eigenvalue weighted by Crippen LogP contribution is -2.54. The van der Waals surface area contributed by atoms with Crippen LogP contribution in [0.5, 0.6) is 5.75 Å². The van der Waals surface area contributed by atoms with Gasteiger partial charge in [-0.15, -0.1) is 0 Å². The summed E-state index contributed by atoms with van der Waals surface area (Å²) in [7, 11) is 0. The van der Waals surface area contributed by atoms with E-state index in [1.165, 1.54) is 18.2 Å². The third-order valence-corrected chi connectivity index (χ3v) is 5.75. The van der Waals surface area contributed by atoms with Crippen LogP contribution < -0.4 is 15.0 Å². The van der Waals surface area contributed by atoms with Crippen LogP contribution in [0.2, 0.25) is 5.02 Å². The third kappa shape index (κ3) is 4.70. The molecule has 3 aromatic rings. The molecule has 0 atom stereocenters. The number of anilines is 1. The zero-order valence-corrected chi connectivity index (χ0v) is 19.2. The molecule has 1 aliphatic heterocycles. The van der Waals surface area contributed by atoms with Gasteiger partial charge in [0, 0.05) is 5.56 Å². The van der Waals surface area contributed by atoms with Gasteiger partial charge in [-0.1, -0.05) is 41.9 Å². The first-order valence-corrected chi connectivity index (χ1v) is 10.8. The highest BCUT2D eigenvalue weighted by molar-refractivity contribution is 6.39. The fourth-order valence-corrected chi connectivity index (χ4v) is 3.66. The number of nitrogens with one attached hydrogen (secondary N) is 1. The summed E-state index contributed by atoms with van der Waals surface area (Å²) in [6, 6.07) is 15.3. The van der Waals surface area contributed by atoms with Crippen LogP contribution in [0.3, 0.4) is 0 Å². The number of carbonyl (C=O) groups excluding carboxylic acids is 3. The van der Waals surface area contributed by atoms with Crippen molar-refractivity contribution in [1.82, 2.24) is 5.32 Å². The quantitative estimate of drug-likeness (QED) is 0.396. The van der Waals surface area contributed by atoms with Crippen molar-refractivity contribution in [1.29, 1.82) is 0 Å². The molecule has 1 aliphatic rings. The van der Waals surface area contributed by atoms with Crippen molar-refractivity contribution in [2.24, 2.45) is 0 Å². The Balaban J connectivity index is 1.58. The van der Waals surface area contributed by atoms with Crippen LogP contribution in [0.25, 0.3) is 6.08 Å². The number of barbiturate groups is 1. The summed E-state index contributed by atoms with van der Waals surface area (Å²) in [6.45, 7) is 3.77. The Labute approximate surface area is 200 Å². The molecule has 0 bridgehead atoms. The van der Waals surface area contributed by atoms with Crippen LogP contribution >= 0.6 is 11.6 Å². The predicted octanol–water partition coefficient (Wildman–Crippen LogP) is 5.34. The van der Waals surface area contributed by atoms with Gasteiger partial charge in [0.2, 0.25) is 0 Å². The summed E-state index contributed by atoms with van der Waals surface area (Å²) in [4.78, 5) is 38.8. The highest BCUT2D eigenvalue weighted by Gasteiger charge is 2.36. The van der Waals surface area contributed by atoms with E-state index < -0.39 is 17.8 Å². The lowest BCUT2D eigenvalue weighted by Gasteiger charge is -2.26. The van der Waals surface area contributed by atoms with Gasteiger partial charge in [0.1, 0.15) is 23.7 Å². The van der Waals surface area contributed by atoms with Gasteiger partial charge in [-0.2, -0.15) is 0 Å². The van der Waals surface area contributed by atoms with Crippen LogP contribution in [0.15, 0.2) is 66.2 Å². The number of hydrogen-bond donors (Lipinski definition) is 1. The smallest absolute Gasteiger partial charge is 0.335 e. The molecule has 6 nitrogen and oxygen atoms in total. The molecule has 0 unspecified atom stereocenters. The Morgan fingerprint density at radius 3 is 2.47 bits per heavy atom. The molecule has 1 N–H and O–H groups in total. The first kappa shape index (κ1) is 23.2. The molecule has 8 heteroatoms. The standard InChI is InChI=1S/C26H20ClFN2O4/c1-15-7-9-19(11-16(15)2)30-25(32)20(24(31)29-26(30)33)12-17-8-10-23(21(27)13-17)34-14-18-5-3-4-6-22(18)28/h3-13H,14H2,1-2H3,(H,29,31,33)/b20-12+. The van der Waals surface area contributed by atoms with Crippen molar-refractivity contribution in [2.75, 3.05) is 4.90 Å². The van der Waals surface area contributed by atoms with Crippen molar-refractivity contribution < 1.29 is 23.5 Å². The summed E-state index contributed by atoms with van der Waals surface area (Å²) in [5, 5.41) is 2.42. The molecule has 4 amide bonds. The molecule has 1 saturated heterocycles. The molecule has 1 heterocycles. The van der Waals surface area contributed by atoms with Gasteiger partial charge in [-0.25, -0.2) is 14.1 Å². The number of hydrogen-bond acceptors (Lipinski definition) is 4. The monoisotopic (exact) mass is 478 g/mol. The van der Waals surface area contributed by atoms with Gasteiger partial charge in [0.25, 0.3) is 11.8 Å². The molecule has 3 aromatic carbocycles. The van der Waals surface area contributed by atoms with Crippen LogP contribution in [-0.2, 0) is 16.2 Å². The first-order valence-electron chi connectivity index (χ1n) is 10.4. The molecular weight excluding hydrogens is 459 g/mol. The topological polar surface area (TPSA) is 75.7 Å². The Morgan fingerprint density at radius 2 is 1.76 bits per heavy atom. The fraction of sp³-hybridized carbons (Fsp3) is 0.115. The van der Waals surface area contributed by atoms with Crippen molar-refractivity contribution in [3.63, 3.8) is 0 Å². The van der Waals surface area contributed by atoms with Gasteiger partial charge < -0.3 is 4.74 Å². The fourth-order valence-electron chi connectivity index (χ4n) is 3.42. The van der Waals surface area contributed by atoms with Crippen molar-refractivity contribution >= 4 is 41.2 Å². The molecule has 0 spiro atoms. The SMILES string of the molecule is Cc1ccc(N2C(=O)NC(=O)/C(=C\c3ccc(OCc4ccccc4F)c(Cl)c3)C2=O)cc1C. The minimum Gasteiger partial charge on any atom is -0.487 e. The lowest BCUT2D eigenvalue weighted by molar-refractivity contribution is -0.122. The number of ether oxygens (including phenoxy) is 1. The summed E-state index contributed by atoms with van der Waals surface area (Å²) < 4.78 is 19.4. The van der Waals surface area contributed by atoms with Crippen molar-refractivity contribution in [3.8, 4) is 5.75 Å². The van der Waals surface area contributed by atoms with Gasteiger partial charge in [-0.3, -0.25) is 14.9 Å². The van der Waals surface area contributed by atoms with E-state index in [4.69, 9.17) is 16.3 Å². The minimum atomic E-state index is -0.815. The maximum absolute atomic E-state index is 13.8. The highest BCUT2D eigenvalue weighted by atomic mass is 35.5. The maximum atomic E-state index is 13.8. The second-order valence-electron chi connectivity index (χ2n) is 7.80. The average Bonchev–Trinajstić information content (AvgIpc) is 2.79. The number of rotatable bonds is 5. The number of imide groups is 2. The zero-order valence-electron chi connectivity index (χ0n) is 18.4. The van der Waals surface area contributed by atoms with Crippen molar-refractivity contribution in [2.45, 2.75) is 20.5 Å². The molecule has 0 aromatic heterocycles. The molecule has 0 aliphatic carbocycles. The molecule has 34 heavy (non-hydrogen) atoms. The van der Waals surface area contributed by atoms with Gasteiger partial charge in [0.05, 0.1) is 10.7 Å². The van der Waals surface area contributed by atoms with Crippen molar-refractivity contribution in [3.05, 3.63) is 99.3 Å². The summed E-state index contributed by atoms with van der Waals surface area (Å²) >= 11 is 6.31. The van der Waals surface area contributed by atoms with E-state index in [1.807, 2.05) is 13.8 Å². The van der Waals surface area contributed by atoms with Crippen LogP contribution in [0.4, 0.5) is 14.9 Å². The Hall–Kier alpha value is -3.97. The first-order chi connectivity index (χ1) is 16.2. The van der Waals surface area contributed by atoms with Gasteiger partial charge in [0.15, 0.2) is 0 Å².